The summed E-state index contributed by atoms with van der Waals surface area (Å²) in [5.74, 6) is 1.66. The van der Waals surface area contributed by atoms with Gasteiger partial charge >= 0.3 is 0 Å². The average Bonchev–Trinajstić information content (AvgIpc) is 3.09. The zero-order valence-corrected chi connectivity index (χ0v) is 17.9. The molecule has 8 heteroatoms. The summed E-state index contributed by atoms with van der Waals surface area (Å²) in [5.41, 5.74) is 2.50. The van der Waals surface area contributed by atoms with Gasteiger partial charge in [0.1, 0.15) is 28.9 Å². The number of nitrogens with zero attached hydrogens (tertiary/aromatic N) is 4. The van der Waals surface area contributed by atoms with E-state index in [1.165, 1.54) is 0 Å². The molecule has 1 aromatic carbocycles. The van der Waals surface area contributed by atoms with Crippen molar-refractivity contribution in [1.29, 1.82) is 0 Å². The fraction of sp³-hybridized carbons (Fsp3) is 0.364. The maximum atomic E-state index is 13.3. The van der Waals surface area contributed by atoms with E-state index >= 15 is 0 Å². The number of piperidine rings is 1. The molecule has 1 amide bonds. The van der Waals surface area contributed by atoms with Crippen LogP contribution in [0.1, 0.15) is 40.5 Å². The predicted octanol–water partition coefficient (Wildman–Crippen LogP) is 4.39. The molecule has 7 nitrogen and oxygen atoms in total. The molecule has 0 N–H and O–H groups in total. The molecule has 2 aromatic heterocycles. The first kappa shape index (κ1) is 20.3. The molecule has 0 aliphatic carbocycles. The second kappa shape index (κ2) is 8.44. The lowest BCUT2D eigenvalue weighted by Crippen LogP contribution is -2.42. The van der Waals surface area contributed by atoms with Crippen LogP contribution in [0.4, 0.5) is 0 Å². The van der Waals surface area contributed by atoms with Gasteiger partial charge in [-0.2, -0.15) is 4.98 Å². The van der Waals surface area contributed by atoms with Crippen molar-refractivity contribution in [2.75, 3.05) is 13.1 Å². The Morgan fingerprint density at radius 1 is 1.17 bits per heavy atom. The molecule has 0 unspecified atom stereocenters. The van der Waals surface area contributed by atoms with Crippen molar-refractivity contribution in [3.05, 3.63) is 58.2 Å². The normalized spacial score (nSPS) is 14.7. The molecule has 0 atom stereocenters. The summed E-state index contributed by atoms with van der Waals surface area (Å²) in [6, 6.07) is 9.14. The lowest BCUT2D eigenvalue weighted by Gasteiger charge is -2.32. The molecule has 0 bridgehead atoms. The largest absolute Gasteiger partial charge is 0.474 e. The lowest BCUT2D eigenvalue weighted by molar-refractivity contribution is 0.0586. The van der Waals surface area contributed by atoms with Crippen molar-refractivity contribution >= 4 is 17.5 Å². The minimum atomic E-state index is -0.101. The zero-order chi connectivity index (χ0) is 21.3. The lowest BCUT2D eigenvalue weighted by atomic mass is 10.0. The summed E-state index contributed by atoms with van der Waals surface area (Å²) in [7, 11) is 0. The molecule has 156 valence electrons. The van der Waals surface area contributed by atoms with Crippen molar-refractivity contribution in [2.24, 2.45) is 0 Å². The number of ether oxygens (including phenoxy) is 1. The van der Waals surface area contributed by atoms with Gasteiger partial charge in [-0.15, -0.1) is 0 Å². The minimum absolute atomic E-state index is 0.00867. The maximum Gasteiger partial charge on any atom is 0.259 e. The Hall–Kier alpha value is -2.93. The Morgan fingerprint density at radius 2 is 1.90 bits per heavy atom. The van der Waals surface area contributed by atoms with E-state index in [2.05, 4.69) is 15.1 Å². The Bertz CT molecular complexity index is 1050. The maximum absolute atomic E-state index is 13.3. The van der Waals surface area contributed by atoms with E-state index in [0.29, 0.717) is 52.4 Å². The summed E-state index contributed by atoms with van der Waals surface area (Å²) >= 11 is 6.32. The highest BCUT2D eigenvalue weighted by Gasteiger charge is 2.30. The molecule has 1 aliphatic heterocycles. The summed E-state index contributed by atoms with van der Waals surface area (Å²) in [6.07, 6.45) is 1.45. The Balaban J connectivity index is 1.46. The first-order valence-electron chi connectivity index (χ1n) is 9.91. The molecule has 3 heterocycles. The molecular weight excluding hydrogens is 404 g/mol. The van der Waals surface area contributed by atoms with E-state index in [9.17, 15) is 4.79 Å². The van der Waals surface area contributed by atoms with Gasteiger partial charge in [-0.1, -0.05) is 35.0 Å². The Labute approximate surface area is 180 Å². The van der Waals surface area contributed by atoms with Gasteiger partial charge < -0.3 is 14.2 Å². The standard InChI is InChI=1S/C22H23ClN4O3/c1-13-12-19(25-15(3)24-13)29-16-8-10-27(11-9-16)22(28)20-14(2)30-26-21(20)17-6-4-5-7-18(17)23/h4-7,12,16H,8-11H2,1-3H3. The summed E-state index contributed by atoms with van der Waals surface area (Å²) in [4.78, 5) is 23.7. The number of benzene rings is 1. The fourth-order valence-electron chi connectivity index (χ4n) is 3.71. The molecule has 0 spiro atoms. The van der Waals surface area contributed by atoms with Crippen LogP contribution in [-0.4, -0.2) is 45.1 Å². The van der Waals surface area contributed by atoms with Crippen molar-refractivity contribution < 1.29 is 14.1 Å². The third-order valence-corrected chi connectivity index (χ3v) is 5.49. The van der Waals surface area contributed by atoms with Crippen molar-refractivity contribution in [2.45, 2.75) is 39.7 Å². The van der Waals surface area contributed by atoms with Crippen LogP contribution in [0, 0.1) is 20.8 Å². The number of hydrogen-bond acceptors (Lipinski definition) is 6. The van der Waals surface area contributed by atoms with E-state index < -0.39 is 0 Å². The second-order valence-electron chi connectivity index (χ2n) is 7.45. The first-order chi connectivity index (χ1) is 14.4. The van der Waals surface area contributed by atoms with Gasteiger partial charge in [-0.25, -0.2) is 4.98 Å². The van der Waals surface area contributed by atoms with Crippen LogP contribution in [0.5, 0.6) is 5.88 Å². The number of carbonyl (C=O) groups is 1. The van der Waals surface area contributed by atoms with Crippen molar-refractivity contribution in [3.8, 4) is 17.1 Å². The monoisotopic (exact) mass is 426 g/mol. The zero-order valence-electron chi connectivity index (χ0n) is 17.2. The molecular formula is C22H23ClN4O3. The number of aromatic nitrogens is 3. The van der Waals surface area contributed by atoms with E-state index in [1.807, 2.05) is 43.0 Å². The van der Waals surface area contributed by atoms with Crippen LogP contribution in [-0.2, 0) is 0 Å². The number of aryl methyl sites for hydroxylation is 3. The minimum Gasteiger partial charge on any atom is -0.474 e. The van der Waals surface area contributed by atoms with Crippen LogP contribution < -0.4 is 4.74 Å². The smallest absolute Gasteiger partial charge is 0.259 e. The fourth-order valence-corrected chi connectivity index (χ4v) is 3.94. The summed E-state index contributed by atoms with van der Waals surface area (Å²) in [6.45, 7) is 6.67. The Morgan fingerprint density at radius 3 is 2.60 bits per heavy atom. The van der Waals surface area contributed by atoms with Gasteiger partial charge in [0.15, 0.2) is 0 Å². The molecule has 30 heavy (non-hydrogen) atoms. The van der Waals surface area contributed by atoms with E-state index in [-0.39, 0.29) is 12.0 Å². The average molecular weight is 427 g/mol. The Kier molecular flexibility index (Phi) is 5.72. The van der Waals surface area contributed by atoms with Crippen LogP contribution in [0.15, 0.2) is 34.9 Å². The van der Waals surface area contributed by atoms with E-state index in [4.69, 9.17) is 20.9 Å². The number of rotatable bonds is 4. The van der Waals surface area contributed by atoms with Crippen LogP contribution in [0.2, 0.25) is 5.02 Å². The van der Waals surface area contributed by atoms with Crippen LogP contribution >= 0.6 is 11.6 Å². The quantitative estimate of drug-likeness (QED) is 0.615. The van der Waals surface area contributed by atoms with Gasteiger partial charge in [-0.05, 0) is 26.8 Å². The predicted molar refractivity (Wildman–Crippen MR) is 113 cm³/mol. The van der Waals surface area contributed by atoms with Gasteiger partial charge in [0.05, 0.1) is 5.02 Å². The van der Waals surface area contributed by atoms with E-state index in [1.54, 1.807) is 13.0 Å². The first-order valence-corrected chi connectivity index (χ1v) is 10.3. The third-order valence-electron chi connectivity index (χ3n) is 5.16. The topological polar surface area (TPSA) is 81.4 Å². The molecule has 0 saturated carbocycles. The van der Waals surface area contributed by atoms with E-state index in [0.717, 1.165) is 18.5 Å². The second-order valence-corrected chi connectivity index (χ2v) is 7.85. The van der Waals surface area contributed by atoms with Crippen molar-refractivity contribution in [1.82, 2.24) is 20.0 Å². The van der Waals surface area contributed by atoms with Gasteiger partial charge in [-0.3, -0.25) is 4.79 Å². The van der Waals surface area contributed by atoms with Crippen LogP contribution in [0.3, 0.4) is 0 Å². The number of halogens is 1. The molecule has 1 fully saturated rings. The molecule has 4 rings (SSSR count). The molecule has 1 saturated heterocycles. The number of amides is 1. The number of carbonyl (C=O) groups excluding carboxylic acids is 1. The van der Waals surface area contributed by atoms with Gasteiger partial charge in [0.25, 0.3) is 5.91 Å². The number of hydrogen-bond donors (Lipinski definition) is 0. The highest BCUT2D eigenvalue weighted by atomic mass is 35.5. The number of likely N-dealkylation sites (tertiary alicyclic amines) is 1. The van der Waals surface area contributed by atoms with Crippen LogP contribution in [0.25, 0.3) is 11.3 Å². The SMILES string of the molecule is Cc1cc(OC2CCN(C(=O)c3c(-c4ccccc4Cl)noc3C)CC2)nc(C)n1. The summed E-state index contributed by atoms with van der Waals surface area (Å²) < 4.78 is 11.4. The molecule has 1 aliphatic rings. The third kappa shape index (κ3) is 4.16. The molecule has 3 aromatic rings. The van der Waals surface area contributed by atoms with Gasteiger partial charge in [0, 0.05) is 43.3 Å². The van der Waals surface area contributed by atoms with Crippen molar-refractivity contribution in [3.63, 3.8) is 0 Å². The summed E-state index contributed by atoms with van der Waals surface area (Å²) in [5, 5.41) is 4.63. The van der Waals surface area contributed by atoms with Gasteiger partial charge in [0.2, 0.25) is 5.88 Å². The highest BCUT2D eigenvalue weighted by molar-refractivity contribution is 6.33. The highest BCUT2D eigenvalue weighted by Crippen LogP contribution is 2.32. The molecule has 0 radical (unpaired) electrons.